The van der Waals surface area contributed by atoms with Crippen molar-refractivity contribution < 1.29 is 14.6 Å². The Labute approximate surface area is 146 Å². The van der Waals surface area contributed by atoms with E-state index in [1.165, 1.54) is 0 Å². The average molecular weight is 342 g/mol. The molecule has 0 amide bonds. The third-order valence-corrected chi connectivity index (χ3v) is 3.49. The molecule has 0 spiro atoms. The monoisotopic (exact) mass is 342 g/mol. The third-order valence-electron chi connectivity index (χ3n) is 3.49. The van der Waals surface area contributed by atoms with Crippen molar-refractivity contribution in [2.75, 3.05) is 13.2 Å². The van der Waals surface area contributed by atoms with Crippen molar-refractivity contribution >= 4 is 11.7 Å². The smallest absolute Gasteiger partial charge is 0.122 e. The minimum absolute atomic E-state index is 0.0000639. The first-order chi connectivity index (χ1) is 12.0. The molecule has 0 bridgehead atoms. The second-order valence-electron chi connectivity index (χ2n) is 5.48. The van der Waals surface area contributed by atoms with Crippen LogP contribution in [0.1, 0.15) is 17.5 Å². The second kappa shape index (κ2) is 8.70. The summed E-state index contributed by atoms with van der Waals surface area (Å²) in [5.74, 6) is 1.26. The van der Waals surface area contributed by atoms with Gasteiger partial charge in [-0.2, -0.15) is 0 Å². The fraction of sp³-hybridized carbons (Fsp3) is 0.222. The molecule has 1 atom stereocenters. The number of aliphatic hydroxyl groups excluding tert-OH is 1. The van der Waals surface area contributed by atoms with E-state index in [-0.39, 0.29) is 18.3 Å². The van der Waals surface area contributed by atoms with Gasteiger partial charge in [-0.25, -0.2) is 0 Å². The topological polar surface area (TPSA) is 138 Å². The molecule has 0 aliphatic carbocycles. The van der Waals surface area contributed by atoms with E-state index in [2.05, 4.69) is 0 Å². The Kier molecular flexibility index (Phi) is 6.36. The number of hydrogen-bond acceptors (Lipinski definition) is 5. The summed E-state index contributed by atoms with van der Waals surface area (Å²) in [4.78, 5) is 0. The van der Waals surface area contributed by atoms with E-state index in [1.807, 2.05) is 0 Å². The summed E-state index contributed by atoms with van der Waals surface area (Å²) >= 11 is 0. The molecule has 1 unspecified atom stereocenters. The largest absolute Gasteiger partial charge is 0.493 e. The van der Waals surface area contributed by atoms with Gasteiger partial charge in [0.15, 0.2) is 0 Å². The van der Waals surface area contributed by atoms with Gasteiger partial charge in [0.1, 0.15) is 29.8 Å². The van der Waals surface area contributed by atoms with Gasteiger partial charge >= 0.3 is 0 Å². The Morgan fingerprint density at radius 1 is 0.840 bits per heavy atom. The van der Waals surface area contributed by atoms with Crippen molar-refractivity contribution in [3.05, 3.63) is 59.7 Å². The van der Waals surface area contributed by atoms with Crippen LogP contribution in [-0.2, 0) is 0 Å². The van der Waals surface area contributed by atoms with E-state index in [0.717, 1.165) is 0 Å². The number of rotatable bonds is 9. The number of benzene rings is 2. The third kappa shape index (κ3) is 5.82. The molecule has 0 saturated carbocycles. The number of amidine groups is 2. The van der Waals surface area contributed by atoms with Gasteiger partial charge in [-0.3, -0.25) is 10.8 Å². The van der Waals surface area contributed by atoms with Crippen LogP contribution < -0.4 is 20.9 Å². The molecule has 0 saturated heterocycles. The summed E-state index contributed by atoms with van der Waals surface area (Å²) in [6.07, 6.45) is -0.246. The van der Waals surface area contributed by atoms with Gasteiger partial charge in [-0.05, 0) is 48.5 Å². The van der Waals surface area contributed by atoms with Gasteiger partial charge in [-0.1, -0.05) is 0 Å². The number of hydrogen-bond donors (Lipinski definition) is 5. The summed E-state index contributed by atoms with van der Waals surface area (Å²) in [7, 11) is 0. The highest BCUT2D eigenvalue weighted by Gasteiger charge is 2.07. The fourth-order valence-electron chi connectivity index (χ4n) is 2.05. The van der Waals surface area contributed by atoms with Crippen LogP contribution in [0.4, 0.5) is 0 Å². The number of aliphatic hydroxyl groups is 1. The molecule has 2 rings (SSSR count). The molecule has 0 aliphatic heterocycles. The summed E-state index contributed by atoms with van der Waals surface area (Å²) < 4.78 is 11.0. The quantitative estimate of drug-likeness (QED) is 0.347. The first-order valence-corrected chi connectivity index (χ1v) is 7.78. The van der Waals surface area contributed by atoms with E-state index in [1.54, 1.807) is 48.5 Å². The Morgan fingerprint density at radius 3 is 1.72 bits per heavy atom. The summed E-state index contributed by atoms with van der Waals surface area (Å²) in [6, 6.07) is 13.7. The fourth-order valence-corrected chi connectivity index (χ4v) is 2.05. The molecule has 25 heavy (non-hydrogen) atoms. The van der Waals surface area contributed by atoms with Crippen molar-refractivity contribution in [2.24, 2.45) is 11.5 Å². The van der Waals surface area contributed by atoms with Crippen LogP contribution in [0.2, 0.25) is 0 Å². The molecule has 0 aromatic heterocycles. The van der Waals surface area contributed by atoms with E-state index in [4.69, 9.17) is 31.8 Å². The minimum Gasteiger partial charge on any atom is -0.493 e. The predicted molar refractivity (Wildman–Crippen MR) is 96.5 cm³/mol. The van der Waals surface area contributed by atoms with Gasteiger partial charge in [0.25, 0.3) is 0 Å². The average Bonchev–Trinajstić information content (AvgIpc) is 2.60. The maximum Gasteiger partial charge on any atom is 0.122 e. The van der Waals surface area contributed by atoms with Gasteiger partial charge in [-0.15, -0.1) is 0 Å². The van der Waals surface area contributed by atoms with Crippen molar-refractivity contribution in [1.82, 2.24) is 0 Å². The zero-order valence-corrected chi connectivity index (χ0v) is 13.7. The second-order valence-corrected chi connectivity index (χ2v) is 5.48. The van der Waals surface area contributed by atoms with Crippen molar-refractivity contribution in [3.8, 4) is 11.5 Å². The molecule has 7 heteroatoms. The molecule has 7 N–H and O–H groups in total. The molecule has 0 fully saturated rings. The van der Waals surface area contributed by atoms with E-state index in [9.17, 15) is 5.11 Å². The Hall–Kier alpha value is -3.06. The summed E-state index contributed by atoms with van der Waals surface area (Å²) in [5.41, 5.74) is 12.0. The zero-order valence-electron chi connectivity index (χ0n) is 13.7. The molecule has 132 valence electrons. The van der Waals surface area contributed by atoms with E-state index in [0.29, 0.717) is 35.7 Å². The molecular formula is C18H22N4O3. The van der Waals surface area contributed by atoms with Crippen molar-refractivity contribution in [1.29, 1.82) is 10.8 Å². The zero-order chi connectivity index (χ0) is 18.2. The van der Waals surface area contributed by atoms with Crippen LogP contribution in [0.15, 0.2) is 48.5 Å². The lowest BCUT2D eigenvalue weighted by Gasteiger charge is -2.13. The van der Waals surface area contributed by atoms with Crippen LogP contribution in [-0.4, -0.2) is 36.1 Å². The van der Waals surface area contributed by atoms with Crippen LogP contribution in [0.3, 0.4) is 0 Å². The molecule has 7 nitrogen and oxygen atoms in total. The number of nitrogens with two attached hydrogens (primary N) is 2. The maximum absolute atomic E-state index is 9.94. The lowest BCUT2D eigenvalue weighted by molar-refractivity contribution is 0.0858. The molecule has 0 radical (unpaired) electrons. The lowest BCUT2D eigenvalue weighted by atomic mass is 10.2. The highest BCUT2D eigenvalue weighted by Crippen LogP contribution is 2.14. The highest BCUT2D eigenvalue weighted by atomic mass is 16.5. The molecule has 2 aromatic rings. The van der Waals surface area contributed by atoms with Crippen molar-refractivity contribution in [2.45, 2.75) is 12.5 Å². The lowest BCUT2D eigenvalue weighted by Crippen LogP contribution is -2.20. The first-order valence-electron chi connectivity index (χ1n) is 7.78. The van der Waals surface area contributed by atoms with Crippen LogP contribution in [0, 0.1) is 10.8 Å². The Morgan fingerprint density at radius 2 is 1.28 bits per heavy atom. The molecular weight excluding hydrogens is 320 g/mol. The number of nitrogen functional groups attached to an aromatic ring is 2. The maximum atomic E-state index is 9.94. The van der Waals surface area contributed by atoms with E-state index < -0.39 is 6.10 Å². The minimum atomic E-state index is -0.663. The standard InChI is InChI=1S/C18H22N4O3/c19-17(20)12-1-5-15(6-2-12)24-10-9-14(23)11-25-16-7-3-13(4-8-16)18(21)22/h1-8,14,23H,9-11H2,(H3,19,20)(H3,21,22). The summed E-state index contributed by atoms with van der Waals surface area (Å²) in [6.45, 7) is 0.485. The predicted octanol–water partition coefficient (Wildman–Crippen LogP) is 1.46. The molecule has 0 heterocycles. The number of ether oxygens (including phenoxy) is 2. The Bertz CT molecular complexity index is 714. The molecule has 2 aromatic carbocycles. The van der Waals surface area contributed by atoms with Gasteiger partial charge < -0.3 is 26.0 Å². The van der Waals surface area contributed by atoms with E-state index >= 15 is 0 Å². The Balaban J connectivity index is 1.70. The summed E-state index contributed by atoms with van der Waals surface area (Å²) in [5, 5.41) is 24.6. The van der Waals surface area contributed by atoms with Crippen LogP contribution >= 0.6 is 0 Å². The normalized spacial score (nSPS) is 11.6. The first kappa shape index (κ1) is 18.3. The van der Waals surface area contributed by atoms with Crippen LogP contribution in [0.5, 0.6) is 11.5 Å². The van der Waals surface area contributed by atoms with Gasteiger partial charge in [0.2, 0.25) is 0 Å². The van der Waals surface area contributed by atoms with Crippen LogP contribution in [0.25, 0.3) is 0 Å². The number of nitrogens with one attached hydrogen (secondary N) is 2. The highest BCUT2D eigenvalue weighted by molar-refractivity contribution is 5.95. The van der Waals surface area contributed by atoms with Gasteiger partial charge in [0, 0.05) is 17.5 Å². The van der Waals surface area contributed by atoms with Gasteiger partial charge in [0.05, 0.1) is 12.7 Å². The SMILES string of the molecule is N=C(N)c1ccc(OCCC(O)COc2ccc(C(=N)N)cc2)cc1. The molecule has 0 aliphatic rings. The van der Waals surface area contributed by atoms with Crippen molar-refractivity contribution in [3.63, 3.8) is 0 Å².